The van der Waals surface area contributed by atoms with Crippen molar-refractivity contribution in [3.05, 3.63) is 35.4 Å². The van der Waals surface area contributed by atoms with E-state index in [0.29, 0.717) is 0 Å². The molecule has 2 rings (SSSR count). The van der Waals surface area contributed by atoms with Crippen molar-refractivity contribution in [2.45, 2.75) is 46.1 Å². The van der Waals surface area contributed by atoms with Crippen molar-refractivity contribution < 1.29 is 4.79 Å². The van der Waals surface area contributed by atoms with Crippen molar-refractivity contribution in [1.82, 2.24) is 4.90 Å². The predicted octanol–water partition coefficient (Wildman–Crippen LogP) is 3.82. The Kier molecular flexibility index (Phi) is 4.98. The molecule has 0 aromatic heterocycles. The molecule has 0 N–H and O–H groups in total. The predicted molar refractivity (Wildman–Crippen MR) is 83.6 cm³/mol. The second-order valence-corrected chi connectivity index (χ2v) is 6.82. The van der Waals surface area contributed by atoms with Crippen LogP contribution in [0.5, 0.6) is 0 Å². The van der Waals surface area contributed by atoms with Gasteiger partial charge in [-0.05, 0) is 51.1 Å². The highest BCUT2D eigenvalue weighted by atomic mass is 16.1. The number of rotatable bonds is 5. The molecule has 1 aromatic rings. The van der Waals surface area contributed by atoms with Gasteiger partial charge < -0.3 is 9.69 Å². The van der Waals surface area contributed by atoms with Gasteiger partial charge in [-0.15, -0.1) is 0 Å². The molecule has 0 heterocycles. The Morgan fingerprint density at radius 2 is 2.05 bits per heavy atom. The maximum absolute atomic E-state index is 11.6. The summed E-state index contributed by atoms with van der Waals surface area (Å²) in [5.41, 5.74) is 2.52. The zero-order valence-electron chi connectivity index (χ0n) is 13.1. The molecule has 0 radical (unpaired) electrons. The molecule has 110 valence electrons. The number of hydrogen-bond donors (Lipinski definition) is 0. The number of carbonyl (C=O) groups is 1. The minimum absolute atomic E-state index is 0.106. The lowest BCUT2D eigenvalue weighted by Crippen LogP contribution is -2.39. The lowest BCUT2D eigenvalue weighted by atomic mass is 9.71. The van der Waals surface area contributed by atoms with Crippen LogP contribution < -0.4 is 0 Å². The van der Waals surface area contributed by atoms with E-state index in [-0.39, 0.29) is 5.41 Å². The lowest BCUT2D eigenvalue weighted by Gasteiger charge is -2.37. The molecule has 2 heteroatoms. The molecule has 0 aliphatic heterocycles. The summed E-state index contributed by atoms with van der Waals surface area (Å²) < 4.78 is 0. The van der Waals surface area contributed by atoms with E-state index in [0.717, 1.165) is 31.8 Å². The van der Waals surface area contributed by atoms with E-state index in [1.807, 2.05) is 0 Å². The Balaban J connectivity index is 1.95. The second kappa shape index (κ2) is 6.53. The largest absolute Gasteiger partial charge is 0.303 e. The Bertz CT molecular complexity index is 446. The van der Waals surface area contributed by atoms with Crippen LogP contribution >= 0.6 is 0 Å². The van der Waals surface area contributed by atoms with Crippen LogP contribution in [0, 0.1) is 18.3 Å². The number of aldehydes is 1. The summed E-state index contributed by atoms with van der Waals surface area (Å²) >= 11 is 0. The maximum Gasteiger partial charge on any atom is 0.127 e. The minimum Gasteiger partial charge on any atom is -0.303 e. The molecule has 20 heavy (non-hydrogen) atoms. The molecule has 0 spiro atoms. The van der Waals surface area contributed by atoms with Crippen molar-refractivity contribution in [3.63, 3.8) is 0 Å². The van der Waals surface area contributed by atoms with Crippen LogP contribution in [0.15, 0.2) is 24.3 Å². The topological polar surface area (TPSA) is 20.3 Å². The second-order valence-electron chi connectivity index (χ2n) is 6.82. The average Bonchev–Trinajstić information content (AvgIpc) is 2.41. The van der Waals surface area contributed by atoms with Crippen LogP contribution in [-0.2, 0) is 11.3 Å². The SMILES string of the molecule is Cc1cccc(CN(C)CC2(C=O)CCC(C)CC2)c1. The van der Waals surface area contributed by atoms with Crippen LogP contribution in [0.4, 0.5) is 0 Å². The van der Waals surface area contributed by atoms with Gasteiger partial charge in [0.2, 0.25) is 0 Å². The zero-order valence-corrected chi connectivity index (χ0v) is 13.1. The highest BCUT2D eigenvalue weighted by Crippen LogP contribution is 2.37. The van der Waals surface area contributed by atoms with Crippen molar-refractivity contribution in [2.24, 2.45) is 11.3 Å². The van der Waals surface area contributed by atoms with Gasteiger partial charge in [-0.2, -0.15) is 0 Å². The molecule has 2 nitrogen and oxygen atoms in total. The maximum atomic E-state index is 11.6. The van der Waals surface area contributed by atoms with Crippen LogP contribution in [0.25, 0.3) is 0 Å². The molecule has 1 fully saturated rings. The molecule has 0 atom stereocenters. The van der Waals surface area contributed by atoms with Crippen LogP contribution in [0.3, 0.4) is 0 Å². The molecule has 1 saturated carbocycles. The number of nitrogens with zero attached hydrogens (tertiary/aromatic N) is 1. The summed E-state index contributed by atoms with van der Waals surface area (Å²) in [4.78, 5) is 13.9. The Morgan fingerprint density at radius 3 is 2.65 bits per heavy atom. The van der Waals surface area contributed by atoms with Gasteiger partial charge in [0, 0.05) is 18.5 Å². The van der Waals surface area contributed by atoms with Crippen molar-refractivity contribution in [2.75, 3.05) is 13.6 Å². The average molecular weight is 273 g/mol. The molecule has 0 amide bonds. The first-order valence-corrected chi connectivity index (χ1v) is 7.73. The summed E-state index contributed by atoms with van der Waals surface area (Å²) in [5.74, 6) is 0.783. The van der Waals surface area contributed by atoms with E-state index in [9.17, 15) is 4.79 Å². The van der Waals surface area contributed by atoms with E-state index in [1.165, 1.54) is 30.3 Å². The number of carbonyl (C=O) groups excluding carboxylic acids is 1. The monoisotopic (exact) mass is 273 g/mol. The van der Waals surface area contributed by atoms with E-state index < -0.39 is 0 Å². The fourth-order valence-corrected chi connectivity index (χ4v) is 3.37. The summed E-state index contributed by atoms with van der Waals surface area (Å²) in [5, 5.41) is 0. The van der Waals surface area contributed by atoms with E-state index in [4.69, 9.17) is 0 Å². The molecule has 0 unspecified atom stereocenters. The highest BCUT2D eigenvalue weighted by Gasteiger charge is 2.34. The molecular weight excluding hydrogens is 246 g/mol. The fourth-order valence-electron chi connectivity index (χ4n) is 3.37. The Labute approximate surface area is 123 Å². The summed E-state index contributed by atoms with van der Waals surface area (Å²) in [7, 11) is 2.13. The van der Waals surface area contributed by atoms with Gasteiger partial charge in [0.05, 0.1) is 0 Å². The first kappa shape index (κ1) is 15.2. The smallest absolute Gasteiger partial charge is 0.127 e. The van der Waals surface area contributed by atoms with Gasteiger partial charge >= 0.3 is 0 Å². The molecule has 1 aliphatic carbocycles. The molecule has 0 bridgehead atoms. The first-order valence-electron chi connectivity index (χ1n) is 7.73. The van der Waals surface area contributed by atoms with Gasteiger partial charge in [0.1, 0.15) is 6.29 Å². The zero-order chi connectivity index (χ0) is 14.6. The summed E-state index contributed by atoms with van der Waals surface area (Å²) in [6, 6.07) is 8.63. The minimum atomic E-state index is -0.106. The van der Waals surface area contributed by atoms with Gasteiger partial charge in [0.25, 0.3) is 0 Å². The molecule has 1 aliphatic rings. The highest BCUT2D eigenvalue weighted by molar-refractivity contribution is 5.60. The Hall–Kier alpha value is -1.15. The first-order chi connectivity index (χ1) is 9.53. The third-order valence-corrected chi connectivity index (χ3v) is 4.64. The quantitative estimate of drug-likeness (QED) is 0.760. The standard InChI is InChI=1S/C18H27NO/c1-15-7-9-18(14-20,10-8-15)13-19(3)12-17-6-4-5-16(2)11-17/h4-6,11,14-15H,7-10,12-13H2,1-3H3. The van der Waals surface area contributed by atoms with E-state index in [2.05, 4.69) is 50.1 Å². The van der Waals surface area contributed by atoms with E-state index >= 15 is 0 Å². The van der Waals surface area contributed by atoms with Crippen LogP contribution in [0.2, 0.25) is 0 Å². The molecule has 0 saturated heterocycles. The van der Waals surface area contributed by atoms with Crippen LogP contribution in [-0.4, -0.2) is 24.8 Å². The number of aryl methyl sites for hydroxylation is 1. The number of benzene rings is 1. The van der Waals surface area contributed by atoms with Crippen molar-refractivity contribution >= 4 is 6.29 Å². The molecule has 1 aromatic carbocycles. The van der Waals surface area contributed by atoms with Crippen molar-refractivity contribution in [1.29, 1.82) is 0 Å². The lowest BCUT2D eigenvalue weighted by molar-refractivity contribution is -0.119. The van der Waals surface area contributed by atoms with E-state index in [1.54, 1.807) is 0 Å². The fraction of sp³-hybridized carbons (Fsp3) is 0.611. The van der Waals surface area contributed by atoms with Crippen molar-refractivity contribution in [3.8, 4) is 0 Å². The Morgan fingerprint density at radius 1 is 1.35 bits per heavy atom. The summed E-state index contributed by atoms with van der Waals surface area (Å²) in [6.07, 6.45) is 5.71. The van der Waals surface area contributed by atoms with Gasteiger partial charge in [0.15, 0.2) is 0 Å². The summed E-state index contributed by atoms with van der Waals surface area (Å²) in [6.45, 7) is 6.23. The molecular formula is C18H27NO. The third kappa shape index (κ3) is 3.92. The number of hydrogen-bond acceptors (Lipinski definition) is 2. The normalized spacial score (nSPS) is 26.7. The van der Waals surface area contributed by atoms with Crippen LogP contribution in [0.1, 0.15) is 43.7 Å². The third-order valence-electron chi connectivity index (χ3n) is 4.64. The van der Waals surface area contributed by atoms with Gasteiger partial charge in [-0.3, -0.25) is 0 Å². The van der Waals surface area contributed by atoms with Gasteiger partial charge in [-0.25, -0.2) is 0 Å². The van der Waals surface area contributed by atoms with Gasteiger partial charge in [-0.1, -0.05) is 36.8 Å².